The van der Waals surface area contributed by atoms with Gasteiger partial charge in [-0.2, -0.15) is 30.3 Å². The van der Waals surface area contributed by atoms with Crippen molar-refractivity contribution in [1.29, 1.82) is 0 Å². The average molecular weight is 153 g/mol. The standard InChI is InChI=1S/C4H11NOS2/c1-3(7)5(6)4(2)8/h3-4,6-8H,1-2H3. The highest BCUT2D eigenvalue weighted by atomic mass is 32.1. The lowest BCUT2D eigenvalue weighted by Gasteiger charge is -2.20. The maximum Gasteiger partial charge on any atom is 0.0757 e. The van der Waals surface area contributed by atoms with Crippen molar-refractivity contribution < 1.29 is 5.21 Å². The molecule has 0 aromatic rings. The third-order valence-electron chi connectivity index (χ3n) is 0.766. The summed E-state index contributed by atoms with van der Waals surface area (Å²) >= 11 is 7.92. The topological polar surface area (TPSA) is 23.5 Å². The molecule has 0 spiro atoms. The first-order valence-corrected chi connectivity index (χ1v) is 3.42. The predicted octanol–water partition coefficient (Wildman–Crippen LogP) is 1.23. The molecule has 8 heavy (non-hydrogen) atoms. The minimum atomic E-state index is -0.150. The van der Waals surface area contributed by atoms with Crippen LogP contribution in [0.3, 0.4) is 0 Å². The van der Waals surface area contributed by atoms with Crippen LogP contribution in [0.25, 0.3) is 0 Å². The van der Waals surface area contributed by atoms with Crippen LogP contribution in [0.5, 0.6) is 0 Å². The van der Waals surface area contributed by atoms with Gasteiger partial charge in [0.2, 0.25) is 0 Å². The smallest absolute Gasteiger partial charge is 0.0757 e. The summed E-state index contributed by atoms with van der Waals surface area (Å²) in [6.45, 7) is 3.55. The van der Waals surface area contributed by atoms with E-state index < -0.39 is 0 Å². The van der Waals surface area contributed by atoms with E-state index in [-0.39, 0.29) is 10.7 Å². The van der Waals surface area contributed by atoms with Crippen molar-refractivity contribution in [1.82, 2.24) is 5.06 Å². The summed E-state index contributed by atoms with van der Waals surface area (Å²) in [7, 11) is 0. The van der Waals surface area contributed by atoms with Crippen LogP contribution in [0.1, 0.15) is 13.8 Å². The number of nitrogens with zero attached hydrogens (tertiary/aromatic N) is 1. The quantitative estimate of drug-likeness (QED) is 0.316. The Morgan fingerprint density at radius 2 is 1.50 bits per heavy atom. The van der Waals surface area contributed by atoms with E-state index in [4.69, 9.17) is 5.21 Å². The molecule has 1 N–H and O–H groups in total. The Balaban J connectivity index is 3.46. The van der Waals surface area contributed by atoms with Gasteiger partial charge < -0.3 is 5.21 Å². The molecule has 0 fully saturated rings. The number of hydrogen-bond acceptors (Lipinski definition) is 4. The molecule has 0 aromatic heterocycles. The van der Waals surface area contributed by atoms with Crippen molar-refractivity contribution in [2.45, 2.75) is 24.6 Å². The van der Waals surface area contributed by atoms with Crippen molar-refractivity contribution in [3.63, 3.8) is 0 Å². The summed E-state index contributed by atoms with van der Waals surface area (Å²) in [4.78, 5) is 0. The molecule has 0 bridgehead atoms. The van der Waals surface area contributed by atoms with E-state index in [9.17, 15) is 0 Å². The third-order valence-corrected chi connectivity index (χ3v) is 1.24. The molecule has 2 atom stereocenters. The highest BCUT2D eigenvalue weighted by molar-refractivity contribution is 7.81. The van der Waals surface area contributed by atoms with E-state index in [1.165, 1.54) is 0 Å². The molecule has 50 valence electrons. The molecule has 0 radical (unpaired) electrons. The molecule has 0 aliphatic rings. The van der Waals surface area contributed by atoms with Gasteiger partial charge in [0.05, 0.1) is 10.7 Å². The van der Waals surface area contributed by atoms with Crippen LogP contribution in [-0.2, 0) is 0 Å². The van der Waals surface area contributed by atoms with Crippen molar-refractivity contribution in [3.05, 3.63) is 0 Å². The van der Waals surface area contributed by atoms with E-state index in [0.717, 1.165) is 5.06 Å². The molecule has 0 saturated carbocycles. The molecule has 4 heteroatoms. The minimum absolute atomic E-state index is 0.150. The van der Waals surface area contributed by atoms with Gasteiger partial charge in [0, 0.05) is 0 Å². The van der Waals surface area contributed by atoms with Gasteiger partial charge in [-0.3, -0.25) is 0 Å². The van der Waals surface area contributed by atoms with Gasteiger partial charge >= 0.3 is 0 Å². The Kier molecular flexibility index (Phi) is 3.89. The zero-order valence-electron chi connectivity index (χ0n) is 4.94. The monoisotopic (exact) mass is 153 g/mol. The Labute approximate surface area is 60.7 Å². The summed E-state index contributed by atoms with van der Waals surface area (Å²) in [6, 6.07) is 0. The van der Waals surface area contributed by atoms with Gasteiger partial charge in [0.25, 0.3) is 0 Å². The lowest BCUT2D eigenvalue weighted by Crippen LogP contribution is -2.30. The highest BCUT2D eigenvalue weighted by Gasteiger charge is 2.09. The van der Waals surface area contributed by atoms with Crippen molar-refractivity contribution in [3.8, 4) is 0 Å². The molecule has 0 saturated heterocycles. The lowest BCUT2D eigenvalue weighted by atomic mass is 10.6. The van der Waals surface area contributed by atoms with E-state index in [1.54, 1.807) is 13.8 Å². The van der Waals surface area contributed by atoms with E-state index in [0.29, 0.717) is 0 Å². The Hall–Kier alpha value is 0.620. The summed E-state index contributed by atoms with van der Waals surface area (Å²) in [5, 5.41) is 9.65. The number of rotatable bonds is 2. The van der Waals surface area contributed by atoms with Crippen molar-refractivity contribution in [2.75, 3.05) is 0 Å². The fourth-order valence-electron chi connectivity index (χ4n) is 0.312. The Bertz CT molecular complexity index is 59.1. The fourth-order valence-corrected chi connectivity index (χ4v) is 0.817. The minimum Gasteiger partial charge on any atom is -0.312 e. The maximum absolute atomic E-state index is 8.88. The summed E-state index contributed by atoms with van der Waals surface area (Å²) in [6.07, 6.45) is 0. The lowest BCUT2D eigenvalue weighted by molar-refractivity contribution is -0.102. The van der Waals surface area contributed by atoms with Gasteiger partial charge in [-0.15, -0.1) is 0 Å². The molecule has 0 aromatic carbocycles. The van der Waals surface area contributed by atoms with E-state index >= 15 is 0 Å². The molecular weight excluding hydrogens is 142 g/mol. The molecule has 0 heterocycles. The van der Waals surface area contributed by atoms with Crippen LogP contribution in [0.15, 0.2) is 0 Å². The van der Waals surface area contributed by atoms with Crippen LogP contribution in [-0.4, -0.2) is 21.0 Å². The Morgan fingerprint density at radius 1 is 1.25 bits per heavy atom. The van der Waals surface area contributed by atoms with Crippen LogP contribution in [0.4, 0.5) is 0 Å². The second-order valence-electron chi connectivity index (χ2n) is 1.64. The van der Waals surface area contributed by atoms with Crippen molar-refractivity contribution in [2.24, 2.45) is 0 Å². The second kappa shape index (κ2) is 3.61. The number of hydroxylamine groups is 2. The molecule has 0 aliphatic heterocycles. The fraction of sp³-hybridized carbons (Fsp3) is 1.00. The van der Waals surface area contributed by atoms with Gasteiger partial charge in [0.1, 0.15) is 0 Å². The molecule has 0 aliphatic carbocycles. The van der Waals surface area contributed by atoms with Crippen molar-refractivity contribution >= 4 is 25.3 Å². The zero-order chi connectivity index (χ0) is 6.73. The summed E-state index contributed by atoms with van der Waals surface area (Å²) in [5.41, 5.74) is 0. The average Bonchev–Trinajstić information content (AvgIpc) is 1.64. The molecule has 2 unspecified atom stereocenters. The number of thiol groups is 2. The first-order valence-electron chi connectivity index (χ1n) is 2.39. The van der Waals surface area contributed by atoms with Crippen LogP contribution >= 0.6 is 25.3 Å². The number of hydrogen-bond donors (Lipinski definition) is 3. The van der Waals surface area contributed by atoms with E-state index in [1.807, 2.05) is 0 Å². The summed E-state index contributed by atoms with van der Waals surface area (Å²) in [5.74, 6) is 0. The van der Waals surface area contributed by atoms with Crippen LogP contribution < -0.4 is 0 Å². The largest absolute Gasteiger partial charge is 0.312 e. The normalized spacial score (nSPS) is 18.8. The highest BCUT2D eigenvalue weighted by Crippen LogP contribution is 2.06. The Morgan fingerprint density at radius 3 is 1.50 bits per heavy atom. The third kappa shape index (κ3) is 2.81. The summed E-state index contributed by atoms with van der Waals surface area (Å²) < 4.78 is 0. The van der Waals surface area contributed by atoms with Gasteiger partial charge in [-0.1, -0.05) is 0 Å². The van der Waals surface area contributed by atoms with Crippen LogP contribution in [0.2, 0.25) is 0 Å². The molecule has 2 nitrogen and oxygen atoms in total. The van der Waals surface area contributed by atoms with Crippen LogP contribution in [0, 0.1) is 0 Å². The molecular formula is C4H11NOS2. The maximum atomic E-state index is 8.88. The predicted molar refractivity (Wildman–Crippen MR) is 40.5 cm³/mol. The van der Waals surface area contributed by atoms with Gasteiger partial charge in [0.15, 0.2) is 0 Å². The van der Waals surface area contributed by atoms with Gasteiger partial charge in [-0.05, 0) is 13.8 Å². The zero-order valence-corrected chi connectivity index (χ0v) is 6.73. The molecule has 0 amide bonds. The molecule has 0 rings (SSSR count). The SMILES string of the molecule is CC(S)N(O)C(C)S. The van der Waals surface area contributed by atoms with Gasteiger partial charge in [-0.25, -0.2) is 0 Å². The first-order chi connectivity index (χ1) is 3.55. The first kappa shape index (κ1) is 8.62. The van der Waals surface area contributed by atoms with E-state index in [2.05, 4.69) is 25.3 Å². The second-order valence-corrected chi connectivity index (χ2v) is 3.14.